The van der Waals surface area contributed by atoms with Gasteiger partial charge in [0.25, 0.3) is 0 Å². The molecule has 20 heavy (non-hydrogen) atoms. The van der Waals surface area contributed by atoms with Crippen molar-refractivity contribution < 1.29 is 18.3 Å². The summed E-state index contributed by atoms with van der Waals surface area (Å²) in [7, 11) is -3.78. The van der Waals surface area contributed by atoms with Crippen LogP contribution >= 0.6 is 11.3 Å². The van der Waals surface area contributed by atoms with Crippen LogP contribution in [0.4, 0.5) is 0 Å². The Morgan fingerprint density at radius 2 is 2.20 bits per heavy atom. The van der Waals surface area contributed by atoms with Crippen LogP contribution in [0.1, 0.15) is 41.8 Å². The number of sulfonamides is 1. The Bertz CT molecular complexity index is 616. The third-order valence-corrected chi connectivity index (χ3v) is 5.75. The van der Waals surface area contributed by atoms with Gasteiger partial charge in [0.05, 0.1) is 10.8 Å². The third kappa shape index (κ3) is 3.68. The number of carboxylic acid groups (broad SMARTS) is 1. The van der Waals surface area contributed by atoms with Gasteiger partial charge in [0, 0.05) is 6.54 Å². The van der Waals surface area contributed by atoms with Crippen molar-refractivity contribution in [3.05, 3.63) is 28.0 Å². The Hall–Kier alpha value is -1.18. The first-order chi connectivity index (χ1) is 9.50. The van der Waals surface area contributed by atoms with Crippen LogP contribution < -0.4 is 9.83 Å². The largest absolute Gasteiger partial charge is 0.544 e. The van der Waals surface area contributed by atoms with Gasteiger partial charge in [-0.2, -0.15) is 0 Å². The lowest BCUT2D eigenvalue weighted by atomic mass is 9.97. The summed E-state index contributed by atoms with van der Waals surface area (Å²) in [6.07, 6.45) is 7.25. The van der Waals surface area contributed by atoms with Crippen LogP contribution in [0.2, 0.25) is 0 Å². The highest BCUT2D eigenvalue weighted by atomic mass is 32.2. The van der Waals surface area contributed by atoms with Gasteiger partial charge in [-0.05, 0) is 43.6 Å². The fourth-order valence-corrected chi connectivity index (χ4v) is 4.49. The maximum atomic E-state index is 12.0. The van der Waals surface area contributed by atoms with Crippen molar-refractivity contribution in [1.82, 2.24) is 4.72 Å². The first-order valence-electron chi connectivity index (χ1n) is 6.47. The molecule has 5 nitrogen and oxygen atoms in total. The van der Waals surface area contributed by atoms with Crippen molar-refractivity contribution in [2.45, 2.75) is 37.0 Å². The van der Waals surface area contributed by atoms with Crippen LogP contribution in [0.25, 0.3) is 0 Å². The molecule has 1 aliphatic rings. The zero-order valence-electron chi connectivity index (χ0n) is 10.9. The number of nitrogens with one attached hydrogen (secondary N) is 1. The minimum atomic E-state index is -3.78. The molecule has 0 atom stereocenters. The summed E-state index contributed by atoms with van der Waals surface area (Å²) in [4.78, 5) is 10.4. The molecule has 1 aromatic heterocycles. The molecule has 1 aliphatic carbocycles. The molecule has 1 N–H and O–H groups in total. The Kier molecular flexibility index (Phi) is 4.95. The highest BCUT2D eigenvalue weighted by Gasteiger charge is 2.20. The predicted molar refractivity (Wildman–Crippen MR) is 75.0 cm³/mol. The van der Waals surface area contributed by atoms with Crippen molar-refractivity contribution in [1.29, 1.82) is 0 Å². The molecule has 0 bridgehead atoms. The summed E-state index contributed by atoms with van der Waals surface area (Å²) in [5, 5.41) is 12.3. The molecule has 0 radical (unpaired) electrons. The van der Waals surface area contributed by atoms with Crippen LogP contribution in [0.15, 0.2) is 28.0 Å². The number of carbonyl (C=O) groups excluding carboxylic acids is 1. The lowest BCUT2D eigenvalue weighted by Crippen LogP contribution is -2.29. The van der Waals surface area contributed by atoms with E-state index in [0.717, 1.165) is 30.6 Å². The van der Waals surface area contributed by atoms with E-state index in [2.05, 4.69) is 10.8 Å². The summed E-state index contributed by atoms with van der Waals surface area (Å²) in [5.74, 6) is -1.46. The van der Waals surface area contributed by atoms with Crippen LogP contribution in [0.5, 0.6) is 0 Å². The molecule has 0 saturated heterocycles. The molecule has 0 unspecified atom stereocenters. The minimum Gasteiger partial charge on any atom is -0.544 e. The number of allylic oxidation sites excluding steroid dienone is 1. The first kappa shape index (κ1) is 15.2. The Labute approximate surface area is 122 Å². The second-order valence-electron chi connectivity index (χ2n) is 4.66. The van der Waals surface area contributed by atoms with Crippen LogP contribution in [0.3, 0.4) is 0 Å². The second-order valence-corrected chi connectivity index (χ2v) is 7.31. The van der Waals surface area contributed by atoms with E-state index in [1.165, 1.54) is 23.4 Å². The lowest BCUT2D eigenvalue weighted by molar-refractivity contribution is -0.254. The van der Waals surface area contributed by atoms with E-state index in [-0.39, 0.29) is 16.3 Å². The molecule has 7 heteroatoms. The highest BCUT2D eigenvalue weighted by Crippen LogP contribution is 2.22. The van der Waals surface area contributed by atoms with Gasteiger partial charge in [0.15, 0.2) is 0 Å². The summed E-state index contributed by atoms with van der Waals surface area (Å²) in [6.45, 7) is 0.288. The number of hydrogen-bond acceptors (Lipinski definition) is 5. The highest BCUT2D eigenvalue weighted by molar-refractivity contribution is 7.89. The smallest absolute Gasteiger partial charge is 0.242 e. The predicted octanol–water partition coefficient (Wildman–Crippen LogP) is 1.28. The van der Waals surface area contributed by atoms with Crippen molar-refractivity contribution >= 4 is 27.3 Å². The van der Waals surface area contributed by atoms with Crippen molar-refractivity contribution in [2.75, 3.05) is 6.54 Å². The standard InChI is InChI=1S/C13H17NO4S2/c15-13(16)12-11(7-9-19-12)20(17,18)14-8-6-10-4-2-1-3-5-10/h4,7,9,14H,1-3,5-6,8H2,(H,15,16)/p-1. The lowest BCUT2D eigenvalue weighted by Gasteiger charge is -2.13. The molecule has 0 aliphatic heterocycles. The van der Waals surface area contributed by atoms with Crippen molar-refractivity contribution in [3.63, 3.8) is 0 Å². The zero-order valence-corrected chi connectivity index (χ0v) is 12.6. The molecule has 0 amide bonds. The van der Waals surface area contributed by atoms with Crippen LogP contribution in [-0.4, -0.2) is 20.9 Å². The van der Waals surface area contributed by atoms with E-state index in [1.54, 1.807) is 0 Å². The first-order valence-corrected chi connectivity index (χ1v) is 8.83. The molecule has 0 spiro atoms. The monoisotopic (exact) mass is 314 g/mol. The van der Waals surface area contributed by atoms with Gasteiger partial charge in [-0.1, -0.05) is 11.6 Å². The maximum absolute atomic E-state index is 12.0. The molecule has 110 valence electrons. The van der Waals surface area contributed by atoms with Gasteiger partial charge >= 0.3 is 0 Å². The van der Waals surface area contributed by atoms with E-state index in [4.69, 9.17) is 0 Å². The van der Waals surface area contributed by atoms with Crippen molar-refractivity contribution in [2.24, 2.45) is 0 Å². The Morgan fingerprint density at radius 1 is 1.40 bits per heavy atom. The number of rotatable bonds is 6. The summed E-state index contributed by atoms with van der Waals surface area (Å²) in [5.41, 5.74) is 1.27. The van der Waals surface area contributed by atoms with Crippen LogP contribution in [-0.2, 0) is 10.0 Å². The van der Waals surface area contributed by atoms with E-state index in [1.807, 2.05) is 0 Å². The van der Waals surface area contributed by atoms with Crippen LogP contribution in [0, 0.1) is 0 Å². The SMILES string of the molecule is O=C([O-])c1sccc1S(=O)(=O)NCCC1=CCCCC1. The number of hydrogen-bond donors (Lipinski definition) is 1. The topological polar surface area (TPSA) is 86.3 Å². The fourth-order valence-electron chi connectivity index (χ4n) is 2.21. The number of carboxylic acids is 1. The normalized spacial score (nSPS) is 15.9. The zero-order chi connectivity index (χ0) is 14.6. The van der Waals surface area contributed by atoms with E-state index >= 15 is 0 Å². The average Bonchev–Trinajstić information content (AvgIpc) is 2.90. The van der Waals surface area contributed by atoms with E-state index in [9.17, 15) is 18.3 Å². The Balaban J connectivity index is 1.99. The minimum absolute atomic E-state index is 0.208. The van der Waals surface area contributed by atoms with Gasteiger partial charge in [-0.25, -0.2) is 13.1 Å². The van der Waals surface area contributed by atoms with Gasteiger partial charge < -0.3 is 9.90 Å². The van der Waals surface area contributed by atoms with Gasteiger partial charge in [0.2, 0.25) is 10.0 Å². The fraction of sp³-hybridized carbons (Fsp3) is 0.462. The summed E-state index contributed by atoms with van der Waals surface area (Å²) >= 11 is 0.853. The van der Waals surface area contributed by atoms with E-state index in [0.29, 0.717) is 6.42 Å². The molecular formula is C13H16NO4S2-. The molecule has 0 fully saturated rings. The summed E-state index contributed by atoms with van der Waals surface area (Å²) < 4.78 is 26.5. The number of aromatic carboxylic acids is 1. The third-order valence-electron chi connectivity index (χ3n) is 3.23. The quantitative estimate of drug-likeness (QED) is 0.801. The number of thiophene rings is 1. The van der Waals surface area contributed by atoms with E-state index < -0.39 is 16.0 Å². The molecular weight excluding hydrogens is 298 g/mol. The second kappa shape index (κ2) is 6.51. The van der Waals surface area contributed by atoms with Gasteiger partial charge in [0.1, 0.15) is 4.90 Å². The van der Waals surface area contributed by atoms with Crippen molar-refractivity contribution in [3.8, 4) is 0 Å². The molecule has 1 heterocycles. The summed E-state index contributed by atoms with van der Waals surface area (Å²) in [6, 6.07) is 1.29. The maximum Gasteiger partial charge on any atom is 0.242 e. The molecule has 2 rings (SSSR count). The number of carbonyl (C=O) groups is 1. The molecule has 1 aromatic rings. The van der Waals surface area contributed by atoms with Gasteiger partial charge in [-0.15, -0.1) is 11.3 Å². The molecule has 0 aromatic carbocycles. The average molecular weight is 314 g/mol. The molecule has 0 saturated carbocycles. The van der Waals surface area contributed by atoms with Gasteiger partial charge in [-0.3, -0.25) is 0 Å². The Morgan fingerprint density at radius 3 is 2.85 bits per heavy atom.